The van der Waals surface area contributed by atoms with Gasteiger partial charge in [0.05, 0.1) is 15.4 Å². The zero-order chi connectivity index (χ0) is 21.9. The van der Waals surface area contributed by atoms with E-state index in [9.17, 15) is 21.6 Å². The summed E-state index contributed by atoms with van der Waals surface area (Å²) in [6.07, 6.45) is 2.60. The molecule has 0 bridgehead atoms. The van der Waals surface area contributed by atoms with Crippen LogP contribution in [0.5, 0.6) is 0 Å². The van der Waals surface area contributed by atoms with E-state index in [4.69, 9.17) is 0 Å². The predicted octanol–water partition coefficient (Wildman–Crippen LogP) is 2.36. The molecule has 30 heavy (non-hydrogen) atoms. The molecule has 1 amide bonds. The van der Waals surface area contributed by atoms with E-state index in [1.54, 1.807) is 12.1 Å². The van der Waals surface area contributed by atoms with Gasteiger partial charge >= 0.3 is 0 Å². The van der Waals surface area contributed by atoms with E-state index in [-0.39, 0.29) is 15.4 Å². The van der Waals surface area contributed by atoms with Crippen molar-refractivity contribution in [3.63, 3.8) is 0 Å². The molecule has 0 radical (unpaired) electrons. The van der Waals surface area contributed by atoms with Crippen LogP contribution in [0.15, 0.2) is 58.3 Å². The number of amides is 1. The van der Waals surface area contributed by atoms with Gasteiger partial charge in [-0.2, -0.15) is 4.31 Å². The Morgan fingerprint density at radius 1 is 0.900 bits per heavy atom. The SMILES string of the molecule is CN(C)S(=O)(=O)c1ccc(NC(=O)c2ccccc2S(=O)(=O)N2CCCCC2)cc1. The molecular weight excluding hydrogens is 426 g/mol. The monoisotopic (exact) mass is 451 g/mol. The van der Waals surface area contributed by atoms with Gasteiger partial charge in [0.1, 0.15) is 0 Å². The van der Waals surface area contributed by atoms with E-state index >= 15 is 0 Å². The van der Waals surface area contributed by atoms with Crippen molar-refractivity contribution in [2.45, 2.75) is 29.1 Å². The molecule has 1 saturated heterocycles. The minimum Gasteiger partial charge on any atom is -0.322 e. The second-order valence-electron chi connectivity index (χ2n) is 7.23. The van der Waals surface area contributed by atoms with E-state index in [0.717, 1.165) is 23.6 Å². The first-order valence-corrected chi connectivity index (χ1v) is 12.4. The Hall–Kier alpha value is -2.27. The minimum absolute atomic E-state index is 0.0313. The standard InChI is InChI=1S/C20H25N3O5S2/c1-22(2)29(25,26)17-12-10-16(11-13-17)21-20(24)18-8-4-5-9-19(18)30(27,28)23-14-6-3-7-15-23/h4-5,8-13H,3,6-7,14-15H2,1-2H3,(H,21,24). The van der Waals surface area contributed by atoms with Gasteiger partial charge in [0.25, 0.3) is 5.91 Å². The lowest BCUT2D eigenvalue weighted by Gasteiger charge is -2.26. The van der Waals surface area contributed by atoms with E-state index in [1.165, 1.54) is 54.8 Å². The number of nitrogens with zero attached hydrogens (tertiary/aromatic N) is 2. The summed E-state index contributed by atoms with van der Waals surface area (Å²) in [5, 5.41) is 2.65. The number of rotatable bonds is 6. The van der Waals surface area contributed by atoms with Crippen LogP contribution in [0.3, 0.4) is 0 Å². The fraction of sp³-hybridized carbons (Fsp3) is 0.350. The van der Waals surface area contributed by atoms with Crippen LogP contribution in [0.1, 0.15) is 29.6 Å². The van der Waals surface area contributed by atoms with Gasteiger partial charge in [-0.25, -0.2) is 21.1 Å². The Morgan fingerprint density at radius 3 is 2.10 bits per heavy atom. The van der Waals surface area contributed by atoms with Gasteiger partial charge < -0.3 is 5.32 Å². The number of carbonyl (C=O) groups excluding carboxylic acids is 1. The van der Waals surface area contributed by atoms with Crippen LogP contribution >= 0.6 is 0 Å². The molecule has 1 fully saturated rings. The summed E-state index contributed by atoms with van der Waals surface area (Å²) < 4.78 is 53.0. The van der Waals surface area contributed by atoms with Crippen LogP contribution in [0.25, 0.3) is 0 Å². The number of hydrogen-bond acceptors (Lipinski definition) is 5. The predicted molar refractivity (Wildman–Crippen MR) is 114 cm³/mol. The number of hydrogen-bond donors (Lipinski definition) is 1. The van der Waals surface area contributed by atoms with Crippen molar-refractivity contribution in [2.75, 3.05) is 32.5 Å². The van der Waals surface area contributed by atoms with Gasteiger partial charge in [-0.1, -0.05) is 18.6 Å². The summed E-state index contributed by atoms with van der Waals surface area (Å²) in [6, 6.07) is 11.8. The number of carbonyl (C=O) groups is 1. The summed E-state index contributed by atoms with van der Waals surface area (Å²) in [5.74, 6) is -0.575. The highest BCUT2D eigenvalue weighted by Gasteiger charge is 2.29. The lowest BCUT2D eigenvalue weighted by molar-refractivity contribution is 0.102. The molecule has 0 saturated carbocycles. The zero-order valence-electron chi connectivity index (χ0n) is 16.9. The molecule has 2 aromatic rings. The fourth-order valence-corrected chi connectivity index (χ4v) is 5.85. The van der Waals surface area contributed by atoms with Gasteiger partial charge in [-0.05, 0) is 49.2 Å². The molecule has 0 spiro atoms. The second-order valence-corrected chi connectivity index (χ2v) is 11.3. The molecule has 10 heteroatoms. The first kappa shape index (κ1) is 22.4. The quantitative estimate of drug-likeness (QED) is 0.726. The second kappa shape index (κ2) is 8.84. The van der Waals surface area contributed by atoms with E-state index in [0.29, 0.717) is 18.8 Å². The first-order valence-electron chi connectivity index (χ1n) is 9.57. The third kappa shape index (κ3) is 4.56. The van der Waals surface area contributed by atoms with Crippen molar-refractivity contribution in [2.24, 2.45) is 0 Å². The molecule has 162 valence electrons. The van der Waals surface area contributed by atoms with Crippen molar-refractivity contribution < 1.29 is 21.6 Å². The molecule has 0 atom stereocenters. The maximum atomic E-state index is 13.1. The maximum Gasteiger partial charge on any atom is 0.257 e. The summed E-state index contributed by atoms with van der Waals surface area (Å²) in [6.45, 7) is 0.889. The number of sulfonamides is 2. The van der Waals surface area contributed by atoms with Gasteiger partial charge in [0, 0.05) is 32.9 Å². The van der Waals surface area contributed by atoms with Crippen molar-refractivity contribution in [1.82, 2.24) is 8.61 Å². The van der Waals surface area contributed by atoms with Crippen molar-refractivity contribution >= 4 is 31.6 Å². The largest absolute Gasteiger partial charge is 0.322 e. The van der Waals surface area contributed by atoms with Crippen LogP contribution < -0.4 is 5.32 Å². The van der Waals surface area contributed by atoms with E-state index in [1.807, 2.05) is 0 Å². The molecule has 2 aromatic carbocycles. The number of benzene rings is 2. The van der Waals surface area contributed by atoms with Crippen LogP contribution in [0.2, 0.25) is 0 Å². The molecular formula is C20H25N3O5S2. The van der Waals surface area contributed by atoms with Crippen molar-refractivity contribution in [1.29, 1.82) is 0 Å². The van der Waals surface area contributed by atoms with Crippen LogP contribution in [0.4, 0.5) is 5.69 Å². The Bertz CT molecular complexity index is 1120. The van der Waals surface area contributed by atoms with Gasteiger partial charge in [-0.15, -0.1) is 0 Å². The summed E-state index contributed by atoms with van der Waals surface area (Å²) in [4.78, 5) is 12.9. The Balaban J connectivity index is 1.85. The average molecular weight is 452 g/mol. The fourth-order valence-electron chi connectivity index (χ4n) is 3.24. The number of nitrogens with one attached hydrogen (secondary N) is 1. The third-order valence-electron chi connectivity index (χ3n) is 4.96. The average Bonchev–Trinajstić information content (AvgIpc) is 2.74. The number of anilines is 1. The normalized spacial score (nSPS) is 15.8. The Morgan fingerprint density at radius 2 is 1.50 bits per heavy atom. The topological polar surface area (TPSA) is 104 Å². The summed E-state index contributed by atoms with van der Waals surface area (Å²) in [7, 11) is -4.48. The van der Waals surface area contributed by atoms with Gasteiger partial charge in [-0.3, -0.25) is 4.79 Å². The lowest BCUT2D eigenvalue weighted by Crippen LogP contribution is -2.36. The molecule has 1 aliphatic rings. The smallest absolute Gasteiger partial charge is 0.257 e. The number of piperidine rings is 1. The van der Waals surface area contributed by atoms with Crippen molar-refractivity contribution in [3.8, 4) is 0 Å². The molecule has 3 rings (SSSR count). The molecule has 1 heterocycles. The van der Waals surface area contributed by atoms with Crippen LogP contribution in [-0.2, 0) is 20.0 Å². The molecule has 8 nitrogen and oxygen atoms in total. The highest BCUT2D eigenvalue weighted by atomic mass is 32.2. The van der Waals surface area contributed by atoms with E-state index < -0.39 is 26.0 Å². The van der Waals surface area contributed by atoms with Gasteiger partial charge in [0.15, 0.2) is 0 Å². The molecule has 1 aliphatic heterocycles. The zero-order valence-corrected chi connectivity index (χ0v) is 18.5. The Labute approximate surface area is 177 Å². The van der Waals surface area contributed by atoms with Crippen LogP contribution in [0, 0.1) is 0 Å². The van der Waals surface area contributed by atoms with Crippen molar-refractivity contribution in [3.05, 3.63) is 54.1 Å². The molecule has 0 aromatic heterocycles. The molecule has 1 N–H and O–H groups in total. The third-order valence-corrected chi connectivity index (χ3v) is 8.74. The van der Waals surface area contributed by atoms with Crippen LogP contribution in [-0.4, -0.2) is 58.5 Å². The molecule has 0 aliphatic carbocycles. The van der Waals surface area contributed by atoms with Gasteiger partial charge in [0.2, 0.25) is 20.0 Å². The summed E-state index contributed by atoms with van der Waals surface area (Å²) in [5.41, 5.74) is 0.413. The van der Waals surface area contributed by atoms with E-state index in [2.05, 4.69) is 5.32 Å². The highest BCUT2D eigenvalue weighted by molar-refractivity contribution is 7.89. The highest BCUT2D eigenvalue weighted by Crippen LogP contribution is 2.25. The maximum absolute atomic E-state index is 13.1. The lowest BCUT2D eigenvalue weighted by atomic mass is 10.2. The summed E-state index contributed by atoms with van der Waals surface area (Å²) >= 11 is 0. The first-order chi connectivity index (χ1) is 14.1. The Kier molecular flexibility index (Phi) is 6.61. The minimum atomic E-state index is -3.78. The molecule has 0 unspecified atom stereocenters.